The molecule has 1 saturated heterocycles. The standard InChI is InChI=1S/C25H30N4O/c1-19-8-9-20(2)29(19)23-7-6-14-26-24(23)21-10-12-22(13-11-21)25(30)27-15-18-28-16-4-3-5-17-28/h6-14H,3-5,15-18H2,1-2H3,(H,27,30). The first kappa shape index (κ1) is 20.4. The molecule has 0 aliphatic carbocycles. The highest BCUT2D eigenvalue weighted by atomic mass is 16.1. The van der Waals surface area contributed by atoms with Crippen molar-refractivity contribution in [2.45, 2.75) is 33.1 Å². The van der Waals surface area contributed by atoms with E-state index in [2.05, 4.69) is 51.8 Å². The highest BCUT2D eigenvalue weighted by Crippen LogP contribution is 2.27. The van der Waals surface area contributed by atoms with Gasteiger partial charge in [0.25, 0.3) is 5.91 Å². The molecule has 1 aromatic carbocycles. The minimum absolute atomic E-state index is 0.0168. The average Bonchev–Trinajstić information content (AvgIpc) is 3.12. The third-order valence-corrected chi connectivity index (χ3v) is 5.88. The highest BCUT2D eigenvalue weighted by molar-refractivity contribution is 5.94. The Hall–Kier alpha value is -2.92. The third-order valence-electron chi connectivity index (χ3n) is 5.88. The van der Waals surface area contributed by atoms with Crippen molar-refractivity contribution in [3.8, 4) is 16.9 Å². The van der Waals surface area contributed by atoms with Gasteiger partial charge in [0, 0.05) is 41.8 Å². The zero-order chi connectivity index (χ0) is 20.9. The van der Waals surface area contributed by atoms with Crippen LogP contribution in [-0.2, 0) is 0 Å². The second-order valence-corrected chi connectivity index (χ2v) is 8.06. The molecular weight excluding hydrogens is 372 g/mol. The Morgan fingerprint density at radius 3 is 2.37 bits per heavy atom. The molecule has 1 amide bonds. The first-order chi connectivity index (χ1) is 14.6. The van der Waals surface area contributed by atoms with Crippen LogP contribution in [0.5, 0.6) is 0 Å². The molecule has 0 atom stereocenters. The molecule has 5 heteroatoms. The van der Waals surface area contributed by atoms with Crippen molar-refractivity contribution in [1.82, 2.24) is 19.8 Å². The number of nitrogens with zero attached hydrogens (tertiary/aromatic N) is 3. The number of hydrogen-bond donors (Lipinski definition) is 1. The summed E-state index contributed by atoms with van der Waals surface area (Å²) in [5.74, 6) is -0.0168. The third kappa shape index (κ3) is 4.46. The van der Waals surface area contributed by atoms with Crippen LogP contribution in [0.15, 0.2) is 54.7 Å². The van der Waals surface area contributed by atoms with Crippen molar-refractivity contribution in [2.75, 3.05) is 26.2 Å². The summed E-state index contributed by atoms with van der Waals surface area (Å²) in [4.78, 5) is 19.6. The van der Waals surface area contributed by atoms with E-state index in [0.717, 1.165) is 36.6 Å². The van der Waals surface area contributed by atoms with Gasteiger partial charge in [-0.15, -0.1) is 0 Å². The van der Waals surface area contributed by atoms with Crippen molar-refractivity contribution >= 4 is 5.91 Å². The first-order valence-electron chi connectivity index (χ1n) is 10.8. The maximum absolute atomic E-state index is 12.5. The summed E-state index contributed by atoms with van der Waals surface area (Å²) in [7, 11) is 0. The lowest BCUT2D eigenvalue weighted by Crippen LogP contribution is -2.37. The number of carbonyl (C=O) groups is 1. The van der Waals surface area contributed by atoms with E-state index in [1.54, 1.807) is 0 Å². The van der Waals surface area contributed by atoms with E-state index in [9.17, 15) is 4.79 Å². The van der Waals surface area contributed by atoms with Crippen LogP contribution in [0.25, 0.3) is 16.9 Å². The molecule has 2 aromatic heterocycles. The zero-order valence-corrected chi connectivity index (χ0v) is 17.9. The predicted octanol–water partition coefficient (Wildman–Crippen LogP) is 4.37. The number of hydrogen-bond acceptors (Lipinski definition) is 3. The van der Waals surface area contributed by atoms with Gasteiger partial charge < -0.3 is 14.8 Å². The Balaban J connectivity index is 1.46. The number of rotatable bonds is 6. The van der Waals surface area contributed by atoms with Crippen LogP contribution >= 0.6 is 0 Å². The van der Waals surface area contributed by atoms with Gasteiger partial charge in [-0.3, -0.25) is 9.78 Å². The molecule has 4 rings (SSSR count). The molecule has 3 heterocycles. The summed E-state index contributed by atoms with van der Waals surface area (Å²) in [6, 6.07) is 16.0. The number of pyridine rings is 1. The quantitative estimate of drug-likeness (QED) is 0.666. The normalized spacial score (nSPS) is 14.6. The molecule has 3 aromatic rings. The maximum atomic E-state index is 12.5. The van der Waals surface area contributed by atoms with Crippen LogP contribution in [0.3, 0.4) is 0 Å². The van der Waals surface area contributed by atoms with Gasteiger partial charge in [0.2, 0.25) is 0 Å². The molecule has 5 nitrogen and oxygen atoms in total. The summed E-state index contributed by atoms with van der Waals surface area (Å²) in [6.45, 7) is 8.12. The Kier molecular flexibility index (Phi) is 6.29. The fourth-order valence-electron chi connectivity index (χ4n) is 4.24. The summed E-state index contributed by atoms with van der Waals surface area (Å²) in [6.07, 6.45) is 5.69. The van der Waals surface area contributed by atoms with Gasteiger partial charge in [0.15, 0.2) is 0 Å². The van der Waals surface area contributed by atoms with Crippen LogP contribution in [-0.4, -0.2) is 46.5 Å². The van der Waals surface area contributed by atoms with Crippen LogP contribution < -0.4 is 5.32 Å². The van der Waals surface area contributed by atoms with E-state index < -0.39 is 0 Å². The van der Waals surface area contributed by atoms with Gasteiger partial charge in [0.1, 0.15) is 0 Å². The molecule has 1 aliphatic rings. The molecule has 156 valence electrons. The maximum Gasteiger partial charge on any atom is 0.251 e. The van der Waals surface area contributed by atoms with Gasteiger partial charge >= 0.3 is 0 Å². The molecule has 30 heavy (non-hydrogen) atoms. The Morgan fingerprint density at radius 1 is 0.967 bits per heavy atom. The van der Waals surface area contributed by atoms with Crippen LogP contribution in [0.2, 0.25) is 0 Å². The van der Waals surface area contributed by atoms with E-state index in [0.29, 0.717) is 12.1 Å². The Morgan fingerprint density at radius 2 is 1.67 bits per heavy atom. The number of aromatic nitrogens is 2. The minimum Gasteiger partial charge on any atom is -0.351 e. The molecular formula is C25H30N4O. The Labute approximate surface area is 178 Å². The summed E-state index contributed by atoms with van der Waals surface area (Å²) in [5.41, 5.74) is 6.00. The minimum atomic E-state index is -0.0168. The first-order valence-corrected chi connectivity index (χ1v) is 10.8. The summed E-state index contributed by atoms with van der Waals surface area (Å²) >= 11 is 0. The zero-order valence-electron chi connectivity index (χ0n) is 17.9. The number of carbonyl (C=O) groups excluding carboxylic acids is 1. The monoisotopic (exact) mass is 402 g/mol. The number of amides is 1. The summed E-state index contributed by atoms with van der Waals surface area (Å²) < 4.78 is 2.21. The molecule has 0 saturated carbocycles. The van der Waals surface area contributed by atoms with E-state index in [1.165, 1.54) is 30.7 Å². The van der Waals surface area contributed by atoms with Gasteiger partial charge in [-0.1, -0.05) is 18.6 Å². The smallest absolute Gasteiger partial charge is 0.251 e. The largest absolute Gasteiger partial charge is 0.351 e. The molecule has 1 aliphatic heterocycles. The lowest BCUT2D eigenvalue weighted by Gasteiger charge is -2.26. The van der Waals surface area contributed by atoms with Gasteiger partial charge in [-0.05, 0) is 76.2 Å². The molecule has 0 radical (unpaired) electrons. The number of benzene rings is 1. The van der Waals surface area contributed by atoms with Crippen LogP contribution in [0, 0.1) is 13.8 Å². The fraction of sp³-hybridized carbons (Fsp3) is 0.360. The van der Waals surface area contributed by atoms with Crippen LogP contribution in [0.4, 0.5) is 0 Å². The molecule has 1 fully saturated rings. The molecule has 0 spiro atoms. The van der Waals surface area contributed by atoms with Crippen molar-refractivity contribution in [1.29, 1.82) is 0 Å². The van der Waals surface area contributed by atoms with Crippen molar-refractivity contribution in [2.24, 2.45) is 0 Å². The van der Waals surface area contributed by atoms with Gasteiger partial charge in [0.05, 0.1) is 11.4 Å². The lowest BCUT2D eigenvalue weighted by molar-refractivity contribution is 0.0946. The van der Waals surface area contributed by atoms with E-state index in [-0.39, 0.29) is 5.91 Å². The highest BCUT2D eigenvalue weighted by Gasteiger charge is 2.13. The molecule has 0 unspecified atom stereocenters. The number of likely N-dealkylation sites (tertiary alicyclic amines) is 1. The second kappa shape index (κ2) is 9.26. The van der Waals surface area contributed by atoms with Gasteiger partial charge in [-0.25, -0.2) is 0 Å². The number of nitrogens with one attached hydrogen (secondary N) is 1. The van der Waals surface area contributed by atoms with Crippen molar-refractivity contribution < 1.29 is 4.79 Å². The molecule has 1 N–H and O–H groups in total. The number of aryl methyl sites for hydroxylation is 2. The number of piperidine rings is 1. The summed E-state index contributed by atoms with van der Waals surface area (Å²) in [5, 5.41) is 3.05. The van der Waals surface area contributed by atoms with E-state index in [4.69, 9.17) is 0 Å². The Bertz CT molecular complexity index is 981. The van der Waals surface area contributed by atoms with Crippen molar-refractivity contribution in [3.63, 3.8) is 0 Å². The van der Waals surface area contributed by atoms with E-state index >= 15 is 0 Å². The topological polar surface area (TPSA) is 50.2 Å². The molecule has 0 bridgehead atoms. The predicted molar refractivity (Wildman–Crippen MR) is 121 cm³/mol. The van der Waals surface area contributed by atoms with Crippen molar-refractivity contribution in [3.05, 3.63) is 71.7 Å². The second-order valence-electron chi connectivity index (χ2n) is 8.06. The SMILES string of the molecule is Cc1ccc(C)n1-c1cccnc1-c1ccc(C(=O)NCCN2CCCCC2)cc1. The fourth-order valence-corrected chi connectivity index (χ4v) is 4.24. The van der Waals surface area contributed by atoms with Crippen LogP contribution in [0.1, 0.15) is 41.0 Å². The lowest BCUT2D eigenvalue weighted by atomic mass is 10.1. The van der Waals surface area contributed by atoms with E-state index in [1.807, 2.05) is 36.5 Å². The van der Waals surface area contributed by atoms with Gasteiger partial charge in [-0.2, -0.15) is 0 Å². The average molecular weight is 403 g/mol.